The molecule has 20 heavy (non-hydrogen) atoms. The van der Waals surface area contributed by atoms with Gasteiger partial charge in [0.15, 0.2) is 0 Å². The van der Waals surface area contributed by atoms with Crippen molar-refractivity contribution in [1.82, 2.24) is 0 Å². The molecule has 0 amide bonds. The second-order valence-corrected chi connectivity index (χ2v) is 5.62. The van der Waals surface area contributed by atoms with E-state index in [1.54, 1.807) is 12.1 Å². The Labute approximate surface area is 131 Å². The van der Waals surface area contributed by atoms with Gasteiger partial charge in [-0.15, -0.1) is 0 Å². The van der Waals surface area contributed by atoms with Crippen LogP contribution in [0.1, 0.15) is 5.56 Å². The molecule has 0 atom stereocenters. The van der Waals surface area contributed by atoms with Gasteiger partial charge in [0.05, 0.1) is 10.6 Å². The fourth-order valence-electron chi connectivity index (χ4n) is 1.60. The van der Waals surface area contributed by atoms with Crippen molar-refractivity contribution in [2.45, 2.75) is 0 Å². The molecule has 0 aliphatic carbocycles. The first-order valence-electron chi connectivity index (χ1n) is 5.42. The molecule has 2 aromatic carbocycles. The van der Waals surface area contributed by atoms with Crippen LogP contribution in [0.25, 0.3) is 0 Å². The van der Waals surface area contributed by atoms with Crippen molar-refractivity contribution in [3.8, 4) is 6.07 Å². The molecule has 100 valence electrons. The summed E-state index contributed by atoms with van der Waals surface area (Å²) in [4.78, 5) is 10.3. The van der Waals surface area contributed by atoms with Crippen LogP contribution in [-0.4, -0.2) is 4.92 Å². The van der Waals surface area contributed by atoms with E-state index < -0.39 is 4.92 Å². The summed E-state index contributed by atoms with van der Waals surface area (Å²) in [5.74, 6) is 0. The van der Waals surface area contributed by atoms with Gasteiger partial charge in [-0.25, -0.2) is 0 Å². The van der Waals surface area contributed by atoms with E-state index in [2.05, 4.69) is 37.2 Å². The molecule has 0 heterocycles. The van der Waals surface area contributed by atoms with E-state index in [1.165, 1.54) is 12.1 Å². The van der Waals surface area contributed by atoms with Crippen molar-refractivity contribution in [3.05, 3.63) is 61.0 Å². The van der Waals surface area contributed by atoms with E-state index in [0.717, 1.165) is 14.6 Å². The smallest absolute Gasteiger partial charge is 0.289 e. The average molecular weight is 397 g/mol. The third-order valence-corrected chi connectivity index (χ3v) is 3.71. The number of rotatable bonds is 3. The highest BCUT2D eigenvalue weighted by atomic mass is 79.9. The summed E-state index contributed by atoms with van der Waals surface area (Å²) >= 11 is 6.75. The van der Waals surface area contributed by atoms with Crippen LogP contribution in [0.4, 0.5) is 17.1 Å². The van der Waals surface area contributed by atoms with Gasteiger partial charge in [-0.2, -0.15) is 5.26 Å². The van der Waals surface area contributed by atoms with Crippen LogP contribution in [0.15, 0.2) is 45.3 Å². The fourth-order valence-corrected chi connectivity index (χ4v) is 2.31. The molecule has 0 bridgehead atoms. The first-order chi connectivity index (χ1) is 9.51. The molecule has 5 nitrogen and oxygen atoms in total. The van der Waals surface area contributed by atoms with E-state index in [4.69, 9.17) is 5.26 Å². The number of nitro benzene ring substituents is 1. The molecule has 0 fully saturated rings. The zero-order chi connectivity index (χ0) is 14.7. The van der Waals surface area contributed by atoms with Gasteiger partial charge in [0.2, 0.25) is 0 Å². The zero-order valence-corrected chi connectivity index (χ0v) is 13.1. The number of hydrogen-bond donors (Lipinski definition) is 1. The van der Waals surface area contributed by atoms with E-state index in [9.17, 15) is 10.1 Å². The fraction of sp³-hybridized carbons (Fsp3) is 0. The van der Waals surface area contributed by atoms with Gasteiger partial charge in [-0.3, -0.25) is 10.1 Å². The third kappa shape index (κ3) is 3.15. The van der Waals surface area contributed by atoms with Gasteiger partial charge in [0, 0.05) is 20.7 Å². The quantitative estimate of drug-likeness (QED) is 0.600. The monoisotopic (exact) mass is 395 g/mol. The summed E-state index contributed by atoms with van der Waals surface area (Å²) in [6.45, 7) is 0. The maximum absolute atomic E-state index is 10.9. The molecule has 0 aliphatic rings. The Morgan fingerprint density at radius 1 is 1.20 bits per heavy atom. The molecule has 2 rings (SSSR count). The number of nitriles is 1. The minimum atomic E-state index is -0.570. The lowest BCUT2D eigenvalue weighted by Crippen LogP contribution is -1.96. The van der Waals surface area contributed by atoms with Crippen molar-refractivity contribution >= 4 is 48.9 Å². The number of halogens is 2. The highest BCUT2D eigenvalue weighted by Crippen LogP contribution is 2.31. The average Bonchev–Trinajstić information content (AvgIpc) is 2.42. The lowest BCUT2D eigenvalue weighted by molar-refractivity contribution is -0.385. The minimum absolute atomic E-state index is 0.0360. The first kappa shape index (κ1) is 14.5. The molecule has 0 saturated heterocycles. The predicted molar refractivity (Wildman–Crippen MR) is 82.9 cm³/mol. The molecule has 2 aromatic rings. The van der Waals surface area contributed by atoms with E-state index in [0.29, 0.717) is 5.69 Å². The van der Waals surface area contributed by atoms with E-state index in [-0.39, 0.29) is 11.3 Å². The Morgan fingerprint density at radius 3 is 2.60 bits per heavy atom. The van der Waals surface area contributed by atoms with Crippen LogP contribution in [-0.2, 0) is 0 Å². The Hall–Kier alpha value is -1.91. The van der Waals surface area contributed by atoms with Crippen LogP contribution in [0.3, 0.4) is 0 Å². The number of nitrogens with zero attached hydrogens (tertiary/aromatic N) is 2. The second-order valence-electron chi connectivity index (χ2n) is 3.85. The van der Waals surface area contributed by atoms with Gasteiger partial charge >= 0.3 is 0 Å². The number of hydrogen-bond acceptors (Lipinski definition) is 4. The van der Waals surface area contributed by atoms with Gasteiger partial charge in [-0.1, -0.05) is 15.9 Å². The summed E-state index contributed by atoms with van der Waals surface area (Å²) in [7, 11) is 0. The molecular formula is C13H7Br2N3O2. The Balaban J connectivity index is 2.40. The molecule has 0 spiro atoms. The normalized spacial score (nSPS) is 9.85. The van der Waals surface area contributed by atoms with Gasteiger partial charge in [0.25, 0.3) is 5.69 Å². The standard InChI is InChI=1S/C13H7Br2N3O2/c14-9-2-4-11(15)12(5-9)17-10-3-1-8(7-16)13(6-10)18(19)20/h1-6,17H. The highest BCUT2D eigenvalue weighted by molar-refractivity contribution is 9.11. The molecule has 0 aliphatic heterocycles. The number of nitrogens with one attached hydrogen (secondary N) is 1. The number of nitro groups is 1. The summed E-state index contributed by atoms with van der Waals surface area (Å²) in [6.07, 6.45) is 0. The topological polar surface area (TPSA) is 79.0 Å². The lowest BCUT2D eigenvalue weighted by atomic mass is 10.1. The minimum Gasteiger partial charge on any atom is -0.354 e. The van der Waals surface area contributed by atoms with Crippen LogP contribution in [0.2, 0.25) is 0 Å². The summed E-state index contributed by atoms with van der Waals surface area (Å²) in [5.41, 5.74) is 1.12. The van der Waals surface area contributed by atoms with Crippen LogP contribution in [0, 0.1) is 21.4 Å². The van der Waals surface area contributed by atoms with E-state index in [1.807, 2.05) is 18.2 Å². The number of anilines is 2. The van der Waals surface area contributed by atoms with Gasteiger partial charge in [-0.05, 0) is 46.3 Å². The Kier molecular flexibility index (Phi) is 4.37. The third-order valence-electron chi connectivity index (χ3n) is 2.52. The predicted octanol–water partition coefficient (Wildman–Crippen LogP) is 4.74. The maximum Gasteiger partial charge on any atom is 0.289 e. The summed E-state index contributed by atoms with van der Waals surface area (Å²) < 4.78 is 1.71. The van der Waals surface area contributed by atoms with Crippen molar-refractivity contribution < 1.29 is 4.92 Å². The molecule has 7 heteroatoms. The molecule has 0 aromatic heterocycles. The lowest BCUT2D eigenvalue weighted by Gasteiger charge is -2.09. The first-order valence-corrected chi connectivity index (χ1v) is 7.00. The van der Waals surface area contributed by atoms with Crippen molar-refractivity contribution in [2.75, 3.05) is 5.32 Å². The highest BCUT2D eigenvalue weighted by Gasteiger charge is 2.14. The van der Waals surface area contributed by atoms with Crippen LogP contribution >= 0.6 is 31.9 Å². The van der Waals surface area contributed by atoms with Crippen molar-refractivity contribution in [1.29, 1.82) is 5.26 Å². The van der Waals surface area contributed by atoms with Gasteiger partial charge in [0.1, 0.15) is 11.6 Å². The maximum atomic E-state index is 10.9. The molecule has 0 unspecified atom stereocenters. The Morgan fingerprint density at radius 2 is 1.95 bits per heavy atom. The van der Waals surface area contributed by atoms with Crippen LogP contribution in [0.5, 0.6) is 0 Å². The molecular weight excluding hydrogens is 390 g/mol. The summed E-state index contributed by atoms with van der Waals surface area (Å²) in [6, 6.07) is 11.8. The number of benzene rings is 2. The molecule has 0 saturated carbocycles. The zero-order valence-electron chi connectivity index (χ0n) is 9.93. The second kappa shape index (κ2) is 6.03. The summed E-state index contributed by atoms with van der Waals surface area (Å²) in [5, 5.41) is 22.8. The van der Waals surface area contributed by atoms with Crippen molar-refractivity contribution in [2.24, 2.45) is 0 Å². The molecule has 1 N–H and O–H groups in total. The Bertz CT molecular complexity index is 726. The van der Waals surface area contributed by atoms with Crippen LogP contribution < -0.4 is 5.32 Å². The van der Waals surface area contributed by atoms with Gasteiger partial charge < -0.3 is 5.32 Å². The largest absolute Gasteiger partial charge is 0.354 e. The SMILES string of the molecule is N#Cc1ccc(Nc2cc(Br)ccc2Br)cc1[N+](=O)[O-]. The van der Waals surface area contributed by atoms with E-state index >= 15 is 0 Å². The van der Waals surface area contributed by atoms with Crippen molar-refractivity contribution in [3.63, 3.8) is 0 Å². The molecule has 0 radical (unpaired) electrons.